The van der Waals surface area contributed by atoms with Crippen LogP contribution in [0.2, 0.25) is 0 Å². The van der Waals surface area contributed by atoms with Crippen LogP contribution in [-0.4, -0.2) is 17.7 Å². The fraction of sp³-hybridized carbons (Fsp3) is 0.727. The maximum absolute atomic E-state index is 5.36. The van der Waals surface area contributed by atoms with Crippen LogP contribution in [0, 0.1) is 6.92 Å². The molecular formula is C11H18N2O. The highest BCUT2D eigenvalue weighted by Crippen LogP contribution is 2.18. The van der Waals surface area contributed by atoms with Crippen molar-refractivity contribution in [3.8, 4) is 0 Å². The van der Waals surface area contributed by atoms with Crippen LogP contribution in [0.25, 0.3) is 0 Å². The molecule has 0 saturated carbocycles. The second-order valence-corrected chi connectivity index (χ2v) is 4.03. The van der Waals surface area contributed by atoms with E-state index in [1.54, 1.807) is 0 Å². The van der Waals surface area contributed by atoms with Gasteiger partial charge in [0.05, 0.1) is 5.69 Å². The molecular weight excluding hydrogens is 176 g/mol. The molecule has 1 aliphatic heterocycles. The minimum atomic E-state index is 0.603. The van der Waals surface area contributed by atoms with Gasteiger partial charge in [0.15, 0.2) is 0 Å². The summed E-state index contributed by atoms with van der Waals surface area (Å²) >= 11 is 0. The number of aromatic nitrogens is 1. The molecule has 1 saturated heterocycles. The Hall–Kier alpha value is -0.830. The number of nitrogens with one attached hydrogen (secondary N) is 1. The van der Waals surface area contributed by atoms with Crippen LogP contribution in [0.4, 0.5) is 0 Å². The zero-order valence-corrected chi connectivity index (χ0v) is 8.97. The van der Waals surface area contributed by atoms with Gasteiger partial charge in [0.25, 0.3) is 0 Å². The Bertz CT molecular complexity index is 300. The first kappa shape index (κ1) is 9.71. The molecule has 0 amide bonds. The van der Waals surface area contributed by atoms with E-state index in [0.29, 0.717) is 6.04 Å². The summed E-state index contributed by atoms with van der Waals surface area (Å²) in [5.41, 5.74) is 2.36. The molecule has 0 radical (unpaired) electrons. The zero-order chi connectivity index (χ0) is 9.97. The van der Waals surface area contributed by atoms with Crippen LogP contribution < -0.4 is 5.32 Å². The van der Waals surface area contributed by atoms with Crippen molar-refractivity contribution in [1.29, 1.82) is 0 Å². The van der Waals surface area contributed by atoms with Crippen molar-refractivity contribution in [2.75, 3.05) is 6.54 Å². The molecule has 3 heteroatoms. The lowest BCUT2D eigenvalue weighted by Crippen LogP contribution is -2.23. The molecule has 0 aromatic carbocycles. The first-order valence-corrected chi connectivity index (χ1v) is 5.48. The largest absolute Gasteiger partial charge is 0.361 e. The summed E-state index contributed by atoms with van der Waals surface area (Å²) in [5.74, 6) is 1.07. The summed E-state index contributed by atoms with van der Waals surface area (Å²) in [5, 5.41) is 7.55. The summed E-state index contributed by atoms with van der Waals surface area (Å²) in [6.07, 6.45) is 4.52. The van der Waals surface area contributed by atoms with Crippen LogP contribution in [0.15, 0.2) is 4.52 Å². The molecule has 14 heavy (non-hydrogen) atoms. The molecule has 1 fully saturated rings. The Labute approximate surface area is 84.9 Å². The van der Waals surface area contributed by atoms with Crippen molar-refractivity contribution in [2.24, 2.45) is 0 Å². The quantitative estimate of drug-likeness (QED) is 0.798. The highest BCUT2D eigenvalue weighted by molar-refractivity contribution is 5.21. The predicted octanol–water partition coefficient (Wildman–Crippen LogP) is 1.84. The van der Waals surface area contributed by atoms with E-state index in [1.165, 1.54) is 18.4 Å². The molecule has 1 aromatic rings. The number of rotatable bonds is 3. The maximum atomic E-state index is 5.36. The van der Waals surface area contributed by atoms with Crippen LogP contribution in [0.3, 0.4) is 0 Å². The van der Waals surface area contributed by atoms with Gasteiger partial charge in [-0.2, -0.15) is 0 Å². The third kappa shape index (κ3) is 1.82. The van der Waals surface area contributed by atoms with Gasteiger partial charge in [-0.3, -0.25) is 0 Å². The number of nitrogens with zero attached hydrogens (tertiary/aromatic N) is 1. The molecule has 1 aromatic heterocycles. The van der Waals surface area contributed by atoms with Gasteiger partial charge in [0, 0.05) is 18.0 Å². The van der Waals surface area contributed by atoms with Gasteiger partial charge in [-0.25, -0.2) is 0 Å². The van der Waals surface area contributed by atoms with Gasteiger partial charge in [0.1, 0.15) is 5.76 Å². The van der Waals surface area contributed by atoms with Crippen molar-refractivity contribution in [2.45, 2.75) is 45.6 Å². The first-order chi connectivity index (χ1) is 6.81. The molecule has 1 unspecified atom stereocenters. The molecule has 1 atom stereocenters. The van der Waals surface area contributed by atoms with Crippen LogP contribution in [-0.2, 0) is 12.8 Å². The molecule has 0 aliphatic carbocycles. The summed E-state index contributed by atoms with van der Waals surface area (Å²) < 4.78 is 5.36. The van der Waals surface area contributed by atoms with E-state index in [2.05, 4.69) is 24.3 Å². The average molecular weight is 194 g/mol. The van der Waals surface area contributed by atoms with Gasteiger partial charge < -0.3 is 9.84 Å². The SMILES string of the molecule is CCc1noc(CC2CCCN2)c1C. The third-order valence-corrected chi connectivity index (χ3v) is 3.05. The van der Waals surface area contributed by atoms with E-state index in [4.69, 9.17) is 4.52 Å². The van der Waals surface area contributed by atoms with E-state index in [1.807, 2.05) is 0 Å². The van der Waals surface area contributed by atoms with Crippen molar-refractivity contribution in [3.63, 3.8) is 0 Å². The predicted molar refractivity (Wildman–Crippen MR) is 55.3 cm³/mol. The highest BCUT2D eigenvalue weighted by Gasteiger charge is 2.19. The standard InChI is InChI=1S/C11H18N2O/c1-3-10-8(2)11(14-13-10)7-9-5-4-6-12-9/h9,12H,3-7H2,1-2H3. The van der Waals surface area contributed by atoms with Crippen LogP contribution in [0.5, 0.6) is 0 Å². The van der Waals surface area contributed by atoms with E-state index >= 15 is 0 Å². The molecule has 0 bridgehead atoms. The Morgan fingerprint density at radius 1 is 1.57 bits per heavy atom. The second kappa shape index (κ2) is 4.13. The molecule has 78 valence electrons. The van der Waals surface area contributed by atoms with E-state index in [-0.39, 0.29) is 0 Å². The smallest absolute Gasteiger partial charge is 0.141 e. The molecule has 0 spiro atoms. The van der Waals surface area contributed by atoms with Gasteiger partial charge >= 0.3 is 0 Å². The van der Waals surface area contributed by atoms with Crippen molar-refractivity contribution < 1.29 is 4.52 Å². The lowest BCUT2D eigenvalue weighted by molar-refractivity contribution is 0.364. The fourth-order valence-corrected chi connectivity index (χ4v) is 2.08. The van der Waals surface area contributed by atoms with Gasteiger partial charge in [0.2, 0.25) is 0 Å². The van der Waals surface area contributed by atoms with E-state index in [9.17, 15) is 0 Å². The molecule has 1 aliphatic rings. The Morgan fingerprint density at radius 2 is 2.43 bits per heavy atom. The zero-order valence-electron chi connectivity index (χ0n) is 8.97. The highest BCUT2D eigenvalue weighted by atomic mass is 16.5. The summed E-state index contributed by atoms with van der Waals surface area (Å²) in [6.45, 7) is 5.38. The molecule has 3 nitrogen and oxygen atoms in total. The first-order valence-electron chi connectivity index (χ1n) is 5.48. The Balaban J connectivity index is 2.04. The van der Waals surface area contributed by atoms with Crippen LogP contribution >= 0.6 is 0 Å². The minimum absolute atomic E-state index is 0.603. The van der Waals surface area contributed by atoms with Gasteiger partial charge in [-0.15, -0.1) is 0 Å². The number of hydrogen-bond donors (Lipinski definition) is 1. The lowest BCUT2D eigenvalue weighted by atomic mass is 10.1. The molecule has 2 rings (SSSR count). The summed E-state index contributed by atoms with van der Waals surface area (Å²) in [4.78, 5) is 0. The second-order valence-electron chi connectivity index (χ2n) is 4.03. The normalized spacial score (nSPS) is 21.7. The van der Waals surface area contributed by atoms with Crippen LogP contribution in [0.1, 0.15) is 36.8 Å². The molecule has 2 heterocycles. The van der Waals surface area contributed by atoms with E-state index < -0.39 is 0 Å². The lowest BCUT2D eigenvalue weighted by Gasteiger charge is -2.06. The Kier molecular flexibility index (Phi) is 2.87. The third-order valence-electron chi connectivity index (χ3n) is 3.05. The van der Waals surface area contributed by atoms with Crippen molar-refractivity contribution in [3.05, 3.63) is 17.0 Å². The topological polar surface area (TPSA) is 38.1 Å². The fourth-order valence-electron chi connectivity index (χ4n) is 2.08. The monoisotopic (exact) mass is 194 g/mol. The maximum Gasteiger partial charge on any atom is 0.141 e. The van der Waals surface area contributed by atoms with Gasteiger partial charge in [-0.05, 0) is 32.7 Å². The Morgan fingerprint density at radius 3 is 3.00 bits per heavy atom. The summed E-state index contributed by atoms with van der Waals surface area (Å²) in [7, 11) is 0. The van der Waals surface area contributed by atoms with E-state index in [0.717, 1.165) is 30.8 Å². The summed E-state index contributed by atoms with van der Waals surface area (Å²) in [6, 6.07) is 0.603. The average Bonchev–Trinajstić information content (AvgIpc) is 2.79. The number of hydrogen-bond acceptors (Lipinski definition) is 3. The van der Waals surface area contributed by atoms with Gasteiger partial charge in [-0.1, -0.05) is 12.1 Å². The minimum Gasteiger partial charge on any atom is -0.361 e. The molecule has 1 N–H and O–H groups in total. The van der Waals surface area contributed by atoms with Crippen molar-refractivity contribution >= 4 is 0 Å². The number of aryl methyl sites for hydroxylation is 1. The van der Waals surface area contributed by atoms with Crippen molar-refractivity contribution in [1.82, 2.24) is 10.5 Å².